The first-order valence-electron chi connectivity index (χ1n) is 6.27. The minimum absolute atomic E-state index is 0.0500. The Morgan fingerprint density at radius 3 is 2.62 bits per heavy atom. The third-order valence-corrected chi connectivity index (χ3v) is 3.25. The van der Waals surface area contributed by atoms with Gasteiger partial charge in [-0.25, -0.2) is 4.79 Å². The lowest BCUT2D eigenvalue weighted by atomic mass is 10.2. The van der Waals surface area contributed by atoms with Crippen LogP contribution in [0, 0.1) is 11.3 Å². The van der Waals surface area contributed by atoms with Crippen LogP contribution in [0.25, 0.3) is 0 Å². The lowest BCUT2D eigenvalue weighted by Crippen LogP contribution is -2.41. The van der Waals surface area contributed by atoms with Gasteiger partial charge in [0.2, 0.25) is 0 Å². The van der Waals surface area contributed by atoms with Crippen LogP contribution in [-0.4, -0.2) is 21.2 Å². The van der Waals surface area contributed by atoms with E-state index in [2.05, 4.69) is 4.98 Å². The molecule has 2 heterocycles. The number of aromatic nitrogens is 3. The van der Waals surface area contributed by atoms with Crippen molar-refractivity contribution in [1.82, 2.24) is 14.1 Å². The summed E-state index contributed by atoms with van der Waals surface area (Å²) >= 11 is 0. The third-order valence-electron chi connectivity index (χ3n) is 3.25. The summed E-state index contributed by atoms with van der Waals surface area (Å²) in [4.78, 5) is 29.8. The normalized spacial score (nSPS) is 10.2. The van der Waals surface area contributed by atoms with Crippen LogP contribution in [0.1, 0.15) is 11.1 Å². The zero-order valence-electron chi connectivity index (χ0n) is 12.1. The number of pyridine rings is 1. The van der Waals surface area contributed by atoms with E-state index in [-0.39, 0.29) is 5.56 Å². The minimum Gasteiger partial charge on any atom is -0.355 e. The topological polar surface area (TPSA) is 83.9 Å². The fraction of sp³-hybridized carbons (Fsp3) is 0.286. The number of rotatable bonds is 3. The maximum atomic E-state index is 12.0. The van der Waals surface area contributed by atoms with Crippen molar-refractivity contribution in [3.05, 3.63) is 56.5 Å². The molecule has 0 aliphatic rings. The SMILES string of the molecule is CN(Cc1cccnc1)c1c(C#N)c(=O)n(C)c(=O)n1C. The predicted molar refractivity (Wildman–Crippen MR) is 78.0 cm³/mol. The molecule has 2 aromatic rings. The van der Waals surface area contributed by atoms with Crippen molar-refractivity contribution in [1.29, 1.82) is 5.26 Å². The van der Waals surface area contributed by atoms with Gasteiger partial charge in [-0.3, -0.25) is 18.9 Å². The van der Waals surface area contributed by atoms with Gasteiger partial charge in [-0.2, -0.15) is 5.26 Å². The quantitative estimate of drug-likeness (QED) is 0.791. The van der Waals surface area contributed by atoms with E-state index in [0.29, 0.717) is 12.4 Å². The van der Waals surface area contributed by atoms with Crippen LogP contribution in [-0.2, 0) is 20.6 Å². The van der Waals surface area contributed by atoms with E-state index in [9.17, 15) is 14.9 Å². The van der Waals surface area contributed by atoms with Gasteiger partial charge in [0.15, 0.2) is 5.56 Å². The first-order valence-corrected chi connectivity index (χ1v) is 6.27. The highest BCUT2D eigenvalue weighted by molar-refractivity contribution is 5.53. The Hall–Kier alpha value is -2.88. The molecule has 0 aliphatic carbocycles. The van der Waals surface area contributed by atoms with E-state index >= 15 is 0 Å². The minimum atomic E-state index is -0.589. The van der Waals surface area contributed by atoms with Crippen molar-refractivity contribution in [3.8, 4) is 6.07 Å². The van der Waals surface area contributed by atoms with E-state index in [1.165, 1.54) is 18.7 Å². The van der Waals surface area contributed by atoms with Gasteiger partial charge < -0.3 is 4.90 Å². The van der Waals surface area contributed by atoms with Gasteiger partial charge in [-0.1, -0.05) is 6.07 Å². The molecule has 0 aromatic carbocycles. The van der Waals surface area contributed by atoms with Crippen LogP contribution in [0.3, 0.4) is 0 Å². The smallest absolute Gasteiger partial charge is 0.332 e. The Labute approximate surface area is 121 Å². The maximum absolute atomic E-state index is 12.0. The van der Waals surface area contributed by atoms with Crippen LogP contribution in [0.4, 0.5) is 5.82 Å². The van der Waals surface area contributed by atoms with Gasteiger partial charge in [0.25, 0.3) is 5.56 Å². The largest absolute Gasteiger partial charge is 0.355 e. The van der Waals surface area contributed by atoms with Crippen molar-refractivity contribution >= 4 is 5.82 Å². The van der Waals surface area contributed by atoms with E-state index in [1.807, 2.05) is 12.1 Å². The van der Waals surface area contributed by atoms with Crippen molar-refractivity contribution in [2.75, 3.05) is 11.9 Å². The molecular weight excluding hydrogens is 270 g/mol. The number of anilines is 1. The van der Waals surface area contributed by atoms with E-state index in [4.69, 9.17) is 0 Å². The van der Waals surface area contributed by atoms with Crippen LogP contribution in [0.15, 0.2) is 34.1 Å². The van der Waals surface area contributed by atoms with Crippen molar-refractivity contribution in [3.63, 3.8) is 0 Å². The Kier molecular flexibility index (Phi) is 3.89. The lowest BCUT2D eigenvalue weighted by Gasteiger charge is -2.23. The van der Waals surface area contributed by atoms with Crippen LogP contribution in [0.5, 0.6) is 0 Å². The Bertz CT molecular complexity index is 814. The first kappa shape index (κ1) is 14.5. The first-order chi connectivity index (χ1) is 9.97. The highest BCUT2D eigenvalue weighted by Crippen LogP contribution is 2.15. The molecule has 0 amide bonds. The summed E-state index contributed by atoms with van der Waals surface area (Å²) in [6, 6.07) is 5.58. The average molecular weight is 285 g/mol. The van der Waals surface area contributed by atoms with Crippen LogP contribution >= 0.6 is 0 Å². The van der Waals surface area contributed by atoms with Gasteiger partial charge in [0.1, 0.15) is 11.9 Å². The van der Waals surface area contributed by atoms with Gasteiger partial charge >= 0.3 is 5.69 Å². The van der Waals surface area contributed by atoms with Crippen molar-refractivity contribution < 1.29 is 0 Å². The number of nitriles is 1. The molecule has 0 spiro atoms. The third kappa shape index (κ3) is 2.56. The summed E-state index contributed by atoms with van der Waals surface area (Å²) < 4.78 is 2.23. The van der Waals surface area contributed by atoms with E-state index < -0.39 is 11.2 Å². The van der Waals surface area contributed by atoms with Gasteiger partial charge in [-0.05, 0) is 11.6 Å². The molecule has 7 heteroatoms. The molecule has 0 radical (unpaired) electrons. The molecule has 0 saturated heterocycles. The molecule has 108 valence electrons. The fourth-order valence-corrected chi connectivity index (χ4v) is 2.22. The highest BCUT2D eigenvalue weighted by atomic mass is 16.2. The second kappa shape index (κ2) is 5.63. The lowest BCUT2D eigenvalue weighted by molar-refractivity contribution is 0.667. The summed E-state index contributed by atoms with van der Waals surface area (Å²) in [5.41, 5.74) is -0.191. The Morgan fingerprint density at radius 1 is 1.33 bits per heavy atom. The number of hydrogen-bond acceptors (Lipinski definition) is 5. The molecule has 0 bridgehead atoms. The van der Waals surface area contributed by atoms with Crippen molar-refractivity contribution in [2.24, 2.45) is 14.1 Å². The van der Waals surface area contributed by atoms with Gasteiger partial charge in [0, 0.05) is 40.1 Å². The Morgan fingerprint density at radius 2 is 2.05 bits per heavy atom. The number of hydrogen-bond donors (Lipinski definition) is 0. The van der Waals surface area contributed by atoms with E-state index in [0.717, 1.165) is 10.1 Å². The molecule has 0 N–H and O–H groups in total. The molecule has 0 unspecified atom stereocenters. The second-order valence-corrected chi connectivity index (χ2v) is 4.73. The molecular formula is C14H15N5O2. The summed E-state index contributed by atoms with van der Waals surface area (Å²) in [6.07, 6.45) is 3.36. The summed E-state index contributed by atoms with van der Waals surface area (Å²) in [5.74, 6) is 0.300. The molecule has 7 nitrogen and oxygen atoms in total. The van der Waals surface area contributed by atoms with Crippen molar-refractivity contribution in [2.45, 2.75) is 6.54 Å². The molecule has 0 atom stereocenters. The summed E-state index contributed by atoms with van der Waals surface area (Å²) in [7, 11) is 4.62. The number of nitrogens with zero attached hydrogens (tertiary/aromatic N) is 5. The molecule has 0 aliphatic heterocycles. The van der Waals surface area contributed by atoms with Gasteiger partial charge in [0.05, 0.1) is 0 Å². The summed E-state index contributed by atoms with van der Waals surface area (Å²) in [5, 5.41) is 9.24. The molecule has 2 rings (SSSR count). The molecule has 2 aromatic heterocycles. The zero-order valence-corrected chi connectivity index (χ0v) is 12.1. The second-order valence-electron chi connectivity index (χ2n) is 4.73. The Balaban J connectivity index is 2.56. The highest BCUT2D eigenvalue weighted by Gasteiger charge is 2.18. The monoisotopic (exact) mass is 285 g/mol. The standard InChI is InChI=1S/C14H15N5O2/c1-17(9-10-5-4-6-16-8-10)12-11(7-15)13(20)19(3)14(21)18(12)2/h4-6,8H,9H2,1-3H3. The predicted octanol–water partition coefficient (Wildman–Crippen LogP) is -0.0129. The summed E-state index contributed by atoms with van der Waals surface area (Å²) in [6.45, 7) is 0.433. The van der Waals surface area contributed by atoms with Gasteiger partial charge in [-0.15, -0.1) is 0 Å². The van der Waals surface area contributed by atoms with E-state index in [1.54, 1.807) is 30.4 Å². The molecule has 21 heavy (non-hydrogen) atoms. The average Bonchev–Trinajstić information content (AvgIpc) is 2.49. The fourth-order valence-electron chi connectivity index (χ4n) is 2.22. The molecule has 0 saturated carbocycles. The van der Waals surface area contributed by atoms with Crippen LogP contribution in [0.2, 0.25) is 0 Å². The molecule has 0 fully saturated rings. The van der Waals surface area contributed by atoms with Crippen LogP contribution < -0.4 is 16.1 Å². The zero-order chi connectivity index (χ0) is 15.6. The maximum Gasteiger partial charge on any atom is 0.332 e.